The van der Waals surface area contributed by atoms with E-state index in [9.17, 15) is 8.42 Å². The van der Waals surface area contributed by atoms with Crippen LogP contribution in [0, 0.1) is 23.2 Å². The quantitative estimate of drug-likeness (QED) is 0.699. The van der Waals surface area contributed by atoms with Crippen molar-refractivity contribution in [3.8, 4) is 6.07 Å². The number of sulfonamides is 1. The zero-order valence-corrected chi connectivity index (χ0v) is 9.58. The highest BCUT2D eigenvalue weighted by Crippen LogP contribution is 2.38. The normalized spacial score (nSPS) is 28.5. The van der Waals surface area contributed by atoms with Gasteiger partial charge in [-0.1, -0.05) is 6.92 Å². The summed E-state index contributed by atoms with van der Waals surface area (Å²) < 4.78 is 24.6. The Morgan fingerprint density at radius 3 is 2.50 bits per heavy atom. The summed E-state index contributed by atoms with van der Waals surface area (Å²) in [5.41, 5.74) is 0. The van der Waals surface area contributed by atoms with Crippen LogP contribution in [0.2, 0.25) is 0 Å². The van der Waals surface area contributed by atoms with Crippen LogP contribution in [0.3, 0.4) is 0 Å². The molecular formula is C9H16N2O2S. The molecule has 1 fully saturated rings. The van der Waals surface area contributed by atoms with Gasteiger partial charge < -0.3 is 0 Å². The summed E-state index contributed by atoms with van der Waals surface area (Å²) in [4.78, 5) is 0. The van der Waals surface area contributed by atoms with Crippen molar-refractivity contribution in [3.63, 3.8) is 0 Å². The van der Waals surface area contributed by atoms with Crippen molar-refractivity contribution in [1.82, 2.24) is 4.31 Å². The van der Waals surface area contributed by atoms with Crippen LogP contribution in [0.25, 0.3) is 0 Å². The molecule has 0 saturated heterocycles. The lowest BCUT2D eigenvalue weighted by Crippen LogP contribution is -2.35. The van der Waals surface area contributed by atoms with E-state index >= 15 is 0 Å². The monoisotopic (exact) mass is 216 g/mol. The first-order valence-corrected chi connectivity index (χ1v) is 6.24. The number of nitrogens with zero attached hydrogens (tertiary/aromatic N) is 2. The van der Waals surface area contributed by atoms with Crippen LogP contribution in [0.1, 0.15) is 20.3 Å². The second kappa shape index (κ2) is 3.87. The molecule has 80 valence electrons. The van der Waals surface area contributed by atoms with Crippen molar-refractivity contribution >= 4 is 10.0 Å². The molecule has 5 heteroatoms. The van der Waals surface area contributed by atoms with Gasteiger partial charge in [-0.3, -0.25) is 0 Å². The van der Waals surface area contributed by atoms with Crippen molar-refractivity contribution in [2.45, 2.75) is 25.5 Å². The highest BCUT2D eigenvalue weighted by Gasteiger charge is 2.37. The van der Waals surface area contributed by atoms with Gasteiger partial charge in [-0.05, 0) is 25.2 Å². The maximum Gasteiger partial charge on any atom is 0.229 e. The molecule has 0 heterocycles. The minimum absolute atomic E-state index is 0.487. The van der Waals surface area contributed by atoms with E-state index in [0.717, 1.165) is 6.42 Å². The molecule has 0 spiro atoms. The summed E-state index contributed by atoms with van der Waals surface area (Å²) in [6.45, 7) is 4.08. The van der Waals surface area contributed by atoms with Crippen molar-refractivity contribution in [3.05, 3.63) is 0 Å². The Balaban J connectivity index is 2.60. The highest BCUT2D eigenvalue weighted by molar-refractivity contribution is 7.89. The first-order valence-electron chi connectivity index (χ1n) is 4.74. The van der Waals surface area contributed by atoms with Crippen molar-refractivity contribution in [1.29, 1.82) is 5.26 Å². The second-order valence-electron chi connectivity index (χ2n) is 4.07. The number of hydrogen-bond acceptors (Lipinski definition) is 3. The van der Waals surface area contributed by atoms with E-state index in [2.05, 4.69) is 6.92 Å². The Hall–Kier alpha value is -0.600. The average Bonchev–Trinajstić information content (AvgIpc) is 2.80. The Kier molecular flexibility index (Phi) is 3.17. The van der Waals surface area contributed by atoms with E-state index < -0.39 is 15.3 Å². The Morgan fingerprint density at radius 1 is 1.64 bits per heavy atom. The van der Waals surface area contributed by atoms with Gasteiger partial charge in [0.2, 0.25) is 10.0 Å². The minimum Gasteiger partial charge on any atom is -0.211 e. The molecule has 0 radical (unpaired) electrons. The largest absolute Gasteiger partial charge is 0.229 e. The first-order chi connectivity index (χ1) is 6.39. The molecule has 0 aromatic carbocycles. The lowest BCUT2D eigenvalue weighted by Gasteiger charge is -2.18. The third-order valence-corrected chi connectivity index (χ3v) is 4.85. The Bertz CT molecular complexity index is 344. The third-order valence-electron chi connectivity index (χ3n) is 2.83. The Morgan fingerprint density at radius 2 is 2.14 bits per heavy atom. The van der Waals surface area contributed by atoms with Crippen LogP contribution in [-0.2, 0) is 10.0 Å². The van der Waals surface area contributed by atoms with Crippen LogP contribution in [-0.4, -0.2) is 31.6 Å². The predicted molar refractivity (Wildman–Crippen MR) is 53.9 cm³/mol. The number of nitriles is 1. The minimum atomic E-state index is -3.40. The molecule has 1 saturated carbocycles. The summed E-state index contributed by atoms with van der Waals surface area (Å²) in [6, 6.07) is 1.76. The molecule has 1 rings (SSSR count). The van der Waals surface area contributed by atoms with E-state index in [0.29, 0.717) is 18.4 Å². The van der Waals surface area contributed by atoms with Gasteiger partial charge in [0, 0.05) is 13.6 Å². The SMILES string of the molecule is CC1CC1CN(C)S(=O)(=O)C(C)C#N. The summed E-state index contributed by atoms with van der Waals surface area (Å²) in [5, 5.41) is 7.62. The predicted octanol–water partition coefficient (Wildman–Crippen LogP) is 0.816. The first kappa shape index (κ1) is 11.5. The zero-order valence-electron chi connectivity index (χ0n) is 8.77. The number of hydrogen-bond donors (Lipinski definition) is 0. The second-order valence-corrected chi connectivity index (χ2v) is 6.43. The molecule has 0 amide bonds. The molecule has 1 aliphatic rings. The summed E-state index contributed by atoms with van der Waals surface area (Å²) in [5.74, 6) is 1.12. The van der Waals surface area contributed by atoms with Gasteiger partial charge >= 0.3 is 0 Å². The molecule has 1 aliphatic carbocycles. The standard InChI is InChI=1S/C9H16N2O2S/c1-7-4-9(7)6-11(3)14(12,13)8(2)5-10/h7-9H,4,6H2,1-3H3. The van der Waals surface area contributed by atoms with Crippen molar-refractivity contribution in [2.24, 2.45) is 11.8 Å². The number of rotatable bonds is 4. The molecule has 3 atom stereocenters. The van der Waals surface area contributed by atoms with Crippen LogP contribution in [0.5, 0.6) is 0 Å². The van der Waals surface area contributed by atoms with Crippen LogP contribution >= 0.6 is 0 Å². The molecule has 0 bridgehead atoms. The van der Waals surface area contributed by atoms with E-state index in [4.69, 9.17) is 5.26 Å². The summed E-state index contributed by atoms with van der Waals surface area (Å²) >= 11 is 0. The summed E-state index contributed by atoms with van der Waals surface area (Å²) in [6.07, 6.45) is 1.10. The molecule has 0 aromatic heterocycles. The van der Waals surface area contributed by atoms with Crippen LogP contribution in [0.4, 0.5) is 0 Å². The van der Waals surface area contributed by atoms with Crippen molar-refractivity contribution < 1.29 is 8.42 Å². The molecule has 3 unspecified atom stereocenters. The van der Waals surface area contributed by atoms with Gasteiger partial charge in [0.25, 0.3) is 0 Å². The molecule has 14 heavy (non-hydrogen) atoms. The highest BCUT2D eigenvalue weighted by atomic mass is 32.2. The lowest BCUT2D eigenvalue weighted by molar-refractivity contribution is 0.442. The topological polar surface area (TPSA) is 61.2 Å². The molecular weight excluding hydrogens is 200 g/mol. The lowest BCUT2D eigenvalue weighted by atomic mass is 10.3. The van der Waals surface area contributed by atoms with Gasteiger partial charge in [0.05, 0.1) is 6.07 Å². The van der Waals surface area contributed by atoms with E-state index in [1.165, 1.54) is 11.2 Å². The fourth-order valence-electron chi connectivity index (χ4n) is 1.42. The van der Waals surface area contributed by atoms with Gasteiger partial charge in [-0.25, -0.2) is 12.7 Å². The van der Waals surface area contributed by atoms with Gasteiger partial charge in [0.1, 0.15) is 0 Å². The molecule has 0 aliphatic heterocycles. The van der Waals surface area contributed by atoms with Gasteiger partial charge in [-0.2, -0.15) is 5.26 Å². The fourth-order valence-corrected chi connectivity index (χ4v) is 2.50. The summed E-state index contributed by atoms with van der Waals surface area (Å²) in [7, 11) is -1.85. The molecule has 0 N–H and O–H groups in total. The van der Waals surface area contributed by atoms with Crippen LogP contribution < -0.4 is 0 Å². The Labute approximate surface area is 85.6 Å². The van der Waals surface area contributed by atoms with Gasteiger partial charge in [0.15, 0.2) is 5.25 Å². The third kappa shape index (κ3) is 2.25. The van der Waals surface area contributed by atoms with E-state index in [1.807, 2.05) is 0 Å². The zero-order chi connectivity index (χ0) is 10.9. The van der Waals surface area contributed by atoms with Gasteiger partial charge in [-0.15, -0.1) is 0 Å². The maximum absolute atomic E-state index is 11.6. The van der Waals surface area contributed by atoms with Crippen molar-refractivity contribution in [2.75, 3.05) is 13.6 Å². The fraction of sp³-hybridized carbons (Fsp3) is 0.889. The van der Waals surface area contributed by atoms with E-state index in [-0.39, 0.29) is 0 Å². The maximum atomic E-state index is 11.6. The molecule has 4 nitrogen and oxygen atoms in total. The molecule has 0 aromatic rings. The van der Waals surface area contributed by atoms with Crippen LogP contribution in [0.15, 0.2) is 0 Å². The average molecular weight is 216 g/mol. The smallest absolute Gasteiger partial charge is 0.211 e. The van der Waals surface area contributed by atoms with E-state index in [1.54, 1.807) is 13.1 Å².